The van der Waals surface area contributed by atoms with Gasteiger partial charge >= 0.3 is 0 Å². The van der Waals surface area contributed by atoms with E-state index < -0.39 is 4.92 Å². The standard InChI is InChI=1S/C15H11ClN4O4S2/c1-19-14(22)9-4-5-25-13(9)18-15(19)26-7-12(21)17-11-3-2-8(20(23)24)6-10(11)16/h2-6H,7H2,1H3,(H,17,21). The predicted octanol–water partition coefficient (Wildman–Crippen LogP) is 3.29. The number of amides is 1. The number of fused-ring (bicyclic) bond motifs is 1. The first-order valence-electron chi connectivity index (χ1n) is 7.17. The second kappa shape index (κ2) is 7.44. The summed E-state index contributed by atoms with van der Waals surface area (Å²) in [5.41, 5.74) is -0.0539. The van der Waals surface area contributed by atoms with Gasteiger partial charge in [0.15, 0.2) is 5.16 Å². The molecule has 0 radical (unpaired) electrons. The molecule has 1 N–H and O–H groups in total. The van der Waals surface area contributed by atoms with E-state index in [1.807, 2.05) is 0 Å². The lowest BCUT2D eigenvalue weighted by atomic mass is 10.3. The summed E-state index contributed by atoms with van der Waals surface area (Å²) < 4.78 is 1.39. The third-order valence-electron chi connectivity index (χ3n) is 3.43. The minimum atomic E-state index is -0.569. The van der Waals surface area contributed by atoms with Gasteiger partial charge in [0.2, 0.25) is 5.91 Å². The van der Waals surface area contributed by atoms with Crippen molar-refractivity contribution < 1.29 is 9.72 Å². The zero-order valence-electron chi connectivity index (χ0n) is 13.3. The molecular weight excluding hydrogens is 400 g/mol. The Kier molecular flexibility index (Phi) is 5.25. The van der Waals surface area contributed by atoms with Crippen LogP contribution in [0, 0.1) is 10.1 Å². The molecule has 3 rings (SSSR count). The van der Waals surface area contributed by atoms with E-state index in [-0.39, 0.29) is 33.6 Å². The Balaban J connectivity index is 1.71. The van der Waals surface area contributed by atoms with Gasteiger partial charge in [-0.15, -0.1) is 11.3 Å². The normalized spacial score (nSPS) is 10.8. The highest BCUT2D eigenvalue weighted by molar-refractivity contribution is 7.99. The lowest BCUT2D eigenvalue weighted by Gasteiger charge is -2.08. The molecule has 3 aromatic rings. The maximum atomic E-state index is 12.2. The molecule has 11 heteroatoms. The number of benzene rings is 1. The fraction of sp³-hybridized carbons (Fsp3) is 0.133. The van der Waals surface area contributed by atoms with E-state index in [9.17, 15) is 19.7 Å². The minimum absolute atomic E-state index is 0.00444. The highest BCUT2D eigenvalue weighted by atomic mass is 35.5. The molecule has 0 fully saturated rings. The molecule has 134 valence electrons. The van der Waals surface area contributed by atoms with Crippen LogP contribution in [0.15, 0.2) is 39.6 Å². The van der Waals surface area contributed by atoms with Crippen LogP contribution in [0.2, 0.25) is 5.02 Å². The predicted molar refractivity (Wildman–Crippen MR) is 102 cm³/mol. The molecule has 0 bridgehead atoms. The zero-order chi connectivity index (χ0) is 18.8. The summed E-state index contributed by atoms with van der Waals surface area (Å²) in [6, 6.07) is 5.51. The molecule has 0 spiro atoms. The average molecular weight is 411 g/mol. The Labute approximate surface area is 160 Å². The van der Waals surface area contributed by atoms with E-state index in [1.54, 1.807) is 18.5 Å². The molecule has 0 saturated carbocycles. The number of carbonyl (C=O) groups excluding carboxylic acids is 1. The van der Waals surface area contributed by atoms with Gasteiger partial charge in [0.05, 0.1) is 26.8 Å². The number of anilines is 1. The number of nitrogens with zero attached hydrogens (tertiary/aromatic N) is 3. The first kappa shape index (κ1) is 18.4. The van der Waals surface area contributed by atoms with Gasteiger partial charge < -0.3 is 5.32 Å². The molecule has 2 aromatic heterocycles. The molecule has 0 aliphatic rings. The van der Waals surface area contributed by atoms with Gasteiger partial charge in [-0.2, -0.15) is 0 Å². The maximum absolute atomic E-state index is 12.2. The minimum Gasteiger partial charge on any atom is -0.324 e. The quantitative estimate of drug-likeness (QED) is 0.299. The topological polar surface area (TPSA) is 107 Å². The van der Waals surface area contributed by atoms with Crippen molar-refractivity contribution in [3.63, 3.8) is 0 Å². The van der Waals surface area contributed by atoms with Crippen LogP contribution in [0.4, 0.5) is 11.4 Å². The third-order valence-corrected chi connectivity index (χ3v) is 5.58. The van der Waals surface area contributed by atoms with Gasteiger partial charge in [-0.05, 0) is 17.5 Å². The number of non-ortho nitro benzene ring substituents is 1. The molecule has 0 atom stereocenters. The Morgan fingerprint density at radius 2 is 2.23 bits per heavy atom. The van der Waals surface area contributed by atoms with Gasteiger partial charge in [0.1, 0.15) is 4.83 Å². The van der Waals surface area contributed by atoms with Crippen LogP contribution in [0.25, 0.3) is 10.2 Å². The number of hydrogen-bond donors (Lipinski definition) is 1. The Bertz CT molecular complexity index is 1080. The lowest BCUT2D eigenvalue weighted by molar-refractivity contribution is -0.384. The summed E-state index contributed by atoms with van der Waals surface area (Å²) in [6.45, 7) is 0. The highest BCUT2D eigenvalue weighted by Gasteiger charge is 2.14. The maximum Gasteiger partial charge on any atom is 0.271 e. The van der Waals surface area contributed by atoms with E-state index in [2.05, 4.69) is 10.3 Å². The summed E-state index contributed by atoms with van der Waals surface area (Å²) in [7, 11) is 1.60. The van der Waals surface area contributed by atoms with E-state index >= 15 is 0 Å². The van der Waals surface area contributed by atoms with Crippen molar-refractivity contribution in [3.05, 3.63) is 55.1 Å². The van der Waals surface area contributed by atoms with Crippen LogP contribution in [0.1, 0.15) is 0 Å². The van der Waals surface area contributed by atoms with Crippen molar-refractivity contribution in [2.75, 3.05) is 11.1 Å². The number of carbonyl (C=O) groups is 1. The molecule has 0 aliphatic heterocycles. The molecule has 8 nitrogen and oxygen atoms in total. The molecule has 1 aromatic carbocycles. The van der Waals surface area contributed by atoms with Crippen LogP contribution in [0.5, 0.6) is 0 Å². The second-order valence-corrected chi connectivity index (χ2v) is 7.40. The molecule has 0 aliphatic carbocycles. The third kappa shape index (κ3) is 3.71. The van der Waals surface area contributed by atoms with Crippen molar-refractivity contribution in [1.82, 2.24) is 9.55 Å². The van der Waals surface area contributed by atoms with Crippen molar-refractivity contribution in [2.45, 2.75) is 5.16 Å². The van der Waals surface area contributed by atoms with Gasteiger partial charge in [0, 0.05) is 19.2 Å². The number of thiophene rings is 1. The van der Waals surface area contributed by atoms with Gasteiger partial charge in [-0.25, -0.2) is 4.98 Å². The van der Waals surface area contributed by atoms with E-state index in [0.29, 0.717) is 15.4 Å². The number of aromatic nitrogens is 2. The fourth-order valence-corrected chi connectivity index (χ4v) is 3.94. The van der Waals surface area contributed by atoms with Crippen molar-refractivity contribution in [2.24, 2.45) is 7.05 Å². The molecule has 26 heavy (non-hydrogen) atoms. The van der Waals surface area contributed by atoms with Gasteiger partial charge in [0.25, 0.3) is 11.2 Å². The summed E-state index contributed by atoms with van der Waals surface area (Å²) >= 11 is 8.42. The summed E-state index contributed by atoms with van der Waals surface area (Å²) in [6.07, 6.45) is 0. The largest absolute Gasteiger partial charge is 0.324 e. The molecular formula is C15H11ClN4O4S2. The molecule has 0 saturated heterocycles. The summed E-state index contributed by atoms with van der Waals surface area (Å²) in [5, 5.41) is 16.1. The van der Waals surface area contributed by atoms with Gasteiger partial charge in [-0.3, -0.25) is 24.3 Å². The average Bonchev–Trinajstić information content (AvgIpc) is 3.07. The second-order valence-electron chi connectivity index (χ2n) is 5.16. The van der Waals surface area contributed by atoms with Crippen LogP contribution in [-0.4, -0.2) is 26.1 Å². The molecule has 2 heterocycles. The van der Waals surface area contributed by atoms with E-state index in [0.717, 1.165) is 11.8 Å². The monoisotopic (exact) mass is 410 g/mol. The number of nitro benzene ring substituents is 1. The van der Waals surface area contributed by atoms with Crippen LogP contribution >= 0.6 is 34.7 Å². The van der Waals surface area contributed by atoms with Crippen molar-refractivity contribution >= 4 is 62.2 Å². The number of halogens is 1. The number of thioether (sulfide) groups is 1. The summed E-state index contributed by atoms with van der Waals surface area (Å²) in [5.74, 6) is -0.365. The van der Waals surface area contributed by atoms with E-state index in [4.69, 9.17) is 11.6 Å². The van der Waals surface area contributed by atoms with Gasteiger partial charge in [-0.1, -0.05) is 23.4 Å². The first-order valence-corrected chi connectivity index (χ1v) is 9.42. The first-order chi connectivity index (χ1) is 12.4. The van der Waals surface area contributed by atoms with Crippen molar-refractivity contribution in [1.29, 1.82) is 0 Å². The Hall–Kier alpha value is -2.43. The Morgan fingerprint density at radius 1 is 1.46 bits per heavy atom. The van der Waals surface area contributed by atoms with Crippen LogP contribution in [0.3, 0.4) is 0 Å². The van der Waals surface area contributed by atoms with Crippen LogP contribution in [-0.2, 0) is 11.8 Å². The van der Waals surface area contributed by atoms with Crippen molar-refractivity contribution in [3.8, 4) is 0 Å². The SMILES string of the molecule is Cn1c(SCC(=O)Nc2ccc([N+](=O)[O-])cc2Cl)nc2sccc2c1=O. The fourth-order valence-electron chi connectivity index (χ4n) is 2.14. The number of nitrogens with one attached hydrogen (secondary N) is 1. The van der Waals surface area contributed by atoms with Crippen LogP contribution < -0.4 is 10.9 Å². The number of rotatable bonds is 5. The Morgan fingerprint density at radius 3 is 2.92 bits per heavy atom. The highest BCUT2D eigenvalue weighted by Crippen LogP contribution is 2.27. The number of hydrogen-bond acceptors (Lipinski definition) is 7. The smallest absolute Gasteiger partial charge is 0.271 e. The molecule has 1 amide bonds. The summed E-state index contributed by atoms with van der Waals surface area (Å²) in [4.78, 5) is 39.5. The molecule has 0 unspecified atom stereocenters. The number of nitro groups is 1. The van der Waals surface area contributed by atoms with E-state index in [1.165, 1.54) is 34.1 Å². The zero-order valence-corrected chi connectivity index (χ0v) is 15.7. The lowest BCUT2D eigenvalue weighted by Crippen LogP contribution is -2.20.